The number of fused-ring (bicyclic) bond motifs is 1. The molecule has 1 aromatic carbocycles. The summed E-state index contributed by atoms with van der Waals surface area (Å²) < 4.78 is 5.24. The Labute approximate surface area is 90.8 Å². The van der Waals surface area contributed by atoms with Gasteiger partial charge in [0, 0.05) is 31.4 Å². The van der Waals surface area contributed by atoms with Gasteiger partial charge >= 0.3 is 0 Å². The summed E-state index contributed by atoms with van der Waals surface area (Å²) in [6.45, 7) is 0.715. The summed E-state index contributed by atoms with van der Waals surface area (Å²) in [5.41, 5.74) is 8.40. The Bertz CT molecular complexity index is 351. The van der Waals surface area contributed by atoms with Crippen molar-refractivity contribution in [3.63, 3.8) is 0 Å². The molecule has 0 fully saturated rings. The molecule has 2 N–H and O–H groups in total. The van der Waals surface area contributed by atoms with Crippen molar-refractivity contribution < 1.29 is 4.74 Å². The predicted octanol–water partition coefficient (Wildman–Crippen LogP) is 1.40. The number of rotatable bonds is 2. The fourth-order valence-corrected chi connectivity index (χ4v) is 2.20. The molecule has 15 heavy (non-hydrogen) atoms. The zero-order valence-corrected chi connectivity index (χ0v) is 9.36. The van der Waals surface area contributed by atoms with Gasteiger partial charge in [0.15, 0.2) is 0 Å². The molecule has 1 aliphatic rings. The van der Waals surface area contributed by atoms with Crippen LogP contribution in [-0.2, 0) is 6.42 Å². The molecular weight excluding hydrogens is 188 g/mol. The number of likely N-dealkylation sites (N-methyl/N-ethyl adjacent to an activating group) is 1. The van der Waals surface area contributed by atoms with E-state index in [1.165, 1.54) is 11.3 Å². The zero-order chi connectivity index (χ0) is 10.8. The van der Waals surface area contributed by atoms with Crippen molar-refractivity contribution >= 4 is 5.69 Å². The first kappa shape index (κ1) is 10.3. The van der Waals surface area contributed by atoms with Gasteiger partial charge in [0.25, 0.3) is 0 Å². The molecule has 1 unspecified atom stereocenters. The van der Waals surface area contributed by atoms with E-state index in [4.69, 9.17) is 10.5 Å². The van der Waals surface area contributed by atoms with Gasteiger partial charge in [-0.3, -0.25) is 0 Å². The second-order valence-electron chi connectivity index (χ2n) is 4.03. The molecule has 0 aliphatic carbocycles. The maximum atomic E-state index is 5.75. The smallest absolute Gasteiger partial charge is 0.120 e. The Kier molecular flexibility index (Phi) is 2.82. The quantitative estimate of drug-likeness (QED) is 0.795. The molecule has 1 aliphatic heterocycles. The Morgan fingerprint density at radius 3 is 3.00 bits per heavy atom. The van der Waals surface area contributed by atoms with Crippen LogP contribution in [-0.4, -0.2) is 26.7 Å². The van der Waals surface area contributed by atoms with Crippen LogP contribution in [0.25, 0.3) is 0 Å². The molecule has 1 aromatic rings. The molecule has 3 heteroatoms. The Morgan fingerprint density at radius 2 is 2.33 bits per heavy atom. The summed E-state index contributed by atoms with van der Waals surface area (Å²) in [6, 6.07) is 6.73. The highest BCUT2D eigenvalue weighted by atomic mass is 16.5. The van der Waals surface area contributed by atoms with Crippen LogP contribution in [0.2, 0.25) is 0 Å². The number of ether oxygens (including phenoxy) is 1. The number of hydrogen-bond acceptors (Lipinski definition) is 3. The minimum Gasteiger partial charge on any atom is -0.497 e. The molecule has 0 bridgehead atoms. The first-order valence-corrected chi connectivity index (χ1v) is 5.36. The number of hydrogen-bond donors (Lipinski definition) is 1. The number of aryl methyl sites for hydroxylation is 1. The van der Waals surface area contributed by atoms with Crippen molar-refractivity contribution in [1.29, 1.82) is 0 Å². The Hall–Kier alpha value is -1.22. The minimum absolute atomic E-state index is 0.463. The average molecular weight is 206 g/mol. The monoisotopic (exact) mass is 206 g/mol. The van der Waals surface area contributed by atoms with Gasteiger partial charge in [0.2, 0.25) is 0 Å². The van der Waals surface area contributed by atoms with Crippen molar-refractivity contribution in [2.24, 2.45) is 5.73 Å². The third-order valence-electron chi connectivity index (χ3n) is 3.24. The maximum Gasteiger partial charge on any atom is 0.120 e. The summed E-state index contributed by atoms with van der Waals surface area (Å²) >= 11 is 0. The van der Waals surface area contributed by atoms with Gasteiger partial charge in [0.1, 0.15) is 5.75 Å². The lowest BCUT2D eigenvalue weighted by molar-refractivity contribution is 0.414. The Balaban J connectivity index is 2.35. The fraction of sp³-hybridized carbons (Fsp3) is 0.500. The van der Waals surface area contributed by atoms with Gasteiger partial charge in [-0.1, -0.05) is 6.07 Å². The largest absolute Gasteiger partial charge is 0.497 e. The maximum absolute atomic E-state index is 5.75. The molecule has 0 saturated heterocycles. The van der Waals surface area contributed by atoms with E-state index in [2.05, 4.69) is 24.1 Å². The summed E-state index contributed by atoms with van der Waals surface area (Å²) in [7, 11) is 3.81. The van der Waals surface area contributed by atoms with E-state index in [0.717, 1.165) is 18.6 Å². The van der Waals surface area contributed by atoms with E-state index >= 15 is 0 Å². The topological polar surface area (TPSA) is 38.5 Å². The third kappa shape index (κ3) is 1.79. The molecule has 82 valence electrons. The molecule has 0 spiro atoms. The summed E-state index contributed by atoms with van der Waals surface area (Å²) in [4.78, 5) is 2.27. The lowest BCUT2D eigenvalue weighted by Crippen LogP contribution is -2.41. The summed E-state index contributed by atoms with van der Waals surface area (Å²) in [5.74, 6) is 0.915. The molecule has 0 saturated carbocycles. The zero-order valence-electron chi connectivity index (χ0n) is 9.36. The van der Waals surface area contributed by atoms with Gasteiger partial charge in [-0.2, -0.15) is 0 Å². The van der Waals surface area contributed by atoms with Crippen molar-refractivity contribution in [2.75, 3.05) is 25.6 Å². The van der Waals surface area contributed by atoms with E-state index in [1.807, 2.05) is 6.07 Å². The third-order valence-corrected chi connectivity index (χ3v) is 3.24. The average Bonchev–Trinajstić information content (AvgIpc) is 2.29. The highest BCUT2D eigenvalue weighted by Gasteiger charge is 2.22. The van der Waals surface area contributed by atoms with Gasteiger partial charge < -0.3 is 15.4 Å². The number of nitrogens with two attached hydrogens (primary N) is 1. The molecule has 3 nitrogen and oxygen atoms in total. The number of methoxy groups -OCH3 is 1. The van der Waals surface area contributed by atoms with Crippen LogP contribution >= 0.6 is 0 Å². The minimum atomic E-state index is 0.463. The molecule has 1 heterocycles. The first-order chi connectivity index (χ1) is 7.26. The van der Waals surface area contributed by atoms with Crippen LogP contribution in [0.5, 0.6) is 5.75 Å². The number of anilines is 1. The van der Waals surface area contributed by atoms with Crippen molar-refractivity contribution in [1.82, 2.24) is 0 Å². The fourth-order valence-electron chi connectivity index (χ4n) is 2.20. The Morgan fingerprint density at radius 1 is 1.53 bits per heavy atom. The van der Waals surface area contributed by atoms with Crippen LogP contribution in [0.1, 0.15) is 12.0 Å². The lowest BCUT2D eigenvalue weighted by atomic mass is 9.96. The second-order valence-corrected chi connectivity index (χ2v) is 4.03. The van der Waals surface area contributed by atoms with Crippen LogP contribution < -0.4 is 15.4 Å². The standard InChI is InChI=1S/C12H18N2O/c1-14-10(8-13)5-3-9-4-6-11(15-2)7-12(9)14/h4,6-7,10H,3,5,8,13H2,1-2H3. The second kappa shape index (κ2) is 4.11. The normalized spacial score (nSPS) is 19.9. The summed E-state index contributed by atoms with van der Waals surface area (Å²) in [5, 5.41) is 0. The molecular formula is C12H18N2O. The first-order valence-electron chi connectivity index (χ1n) is 5.36. The highest BCUT2D eigenvalue weighted by molar-refractivity contribution is 5.59. The van der Waals surface area contributed by atoms with Crippen LogP contribution in [0.15, 0.2) is 18.2 Å². The van der Waals surface area contributed by atoms with Gasteiger partial charge in [-0.25, -0.2) is 0 Å². The van der Waals surface area contributed by atoms with Crippen molar-refractivity contribution in [2.45, 2.75) is 18.9 Å². The summed E-state index contributed by atoms with van der Waals surface area (Å²) in [6.07, 6.45) is 2.26. The molecule has 0 amide bonds. The van der Waals surface area contributed by atoms with Gasteiger partial charge in [0.05, 0.1) is 7.11 Å². The van der Waals surface area contributed by atoms with E-state index in [9.17, 15) is 0 Å². The predicted molar refractivity (Wildman–Crippen MR) is 62.6 cm³/mol. The van der Waals surface area contributed by atoms with E-state index in [-0.39, 0.29) is 0 Å². The number of benzene rings is 1. The highest BCUT2D eigenvalue weighted by Crippen LogP contribution is 2.32. The van der Waals surface area contributed by atoms with Crippen molar-refractivity contribution in [3.05, 3.63) is 23.8 Å². The van der Waals surface area contributed by atoms with E-state index in [0.29, 0.717) is 12.6 Å². The van der Waals surface area contributed by atoms with E-state index < -0.39 is 0 Å². The molecule has 0 radical (unpaired) electrons. The van der Waals surface area contributed by atoms with Crippen LogP contribution in [0.4, 0.5) is 5.69 Å². The van der Waals surface area contributed by atoms with Gasteiger partial charge in [-0.15, -0.1) is 0 Å². The number of nitrogens with zero attached hydrogens (tertiary/aromatic N) is 1. The lowest BCUT2D eigenvalue weighted by Gasteiger charge is -2.35. The van der Waals surface area contributed by atoms with Crippen LogP contribution in [0.3, 0.4) is 0 Å². The van der Waals surface area contributed by atoms with Crippen molar-refractivity contribution in [3.8, 4) is 5.75 Å². The molecule has 2 rings (SSSR count). The molecule has 1 atom stereocenters. The van der Waals surface area contributed by atoms with Crippen LogP contribution in [0, 0.1) is 0 Å². The van der Waals surface area contributed by atoms with E-state index in [1.54, 1.807) is 7.11 Å². The SMILES string of the molecule is COc1ccc2c(c1)N(C)C(CN)CC2. The molecule has 0 aromatic heterocycles. The van der Waals surface area contributed by atoms with Gasteiger partial charge in [-0.05, 0) is 24.5 Å².